The molecule has 1 aromatic rings. The summed E-state index contributed by atoms with van der Waals surface area (Å²) in [7, 11) is 0. The van der Waals surface area contributed by atoms with Crippen molar-refractivity contribution in [2.75, 3.05) is 0 Å². The van der Waals surface area contributed by atoms with E-state index in [4.69, 9.17) is 10.8 Å². The summed E-state index contributed by atoms with van der Waals surface area (Å²) in [5.41, 5.74) is 4.68. The van der Waals surface area contributed by atoms with Crippen LogP contribution in [-0.2, 0) is 20.9 Å². The molecule has 0 saturated heterocycles. The van der Waals surface area contributed by atoms with Crippen molar-refractivity contribution in [1.82, 2.24) is 10.6 Å². The molecule has 0 atom stereocenters. The van der Waals surface area contributed by atoms with Crippen LogP contribution in [0.1, 0.15) is 12.5 Å². The van der Waals surface area contributed by atoms with Crippen LogP contribution in [0.2, 0.25) is 0 Å². The van der Waals surface area contributed by atoms with Gasteiger partial charge in [0.15, 0.2) is 11.6 Å². The Balaban J connectivity index is 2.23. The zero-order valence-corrected chi connectivity index (χ0v) is 13.5. The highest BCUT2D eigenvalue weighted by molar-refractivity contribution is 6.44. The van der Waals surface area contributed by atoms with Crippen molar-refractivity contribution in [1.29, 1.82) is 0 Å². The first kappa shape index (κ1) is 18.8. The SMILES string of the molecule is C/C(C(N)=O)=C1/N=C(C(=O)NCc2ccc(F)c(F)c2)C=C(C(=O)O)N1. The van der Waals surface area contributed by atoms with Crippen LogP contribution < -0.4 is 16.4 Å². The van der Waals surface area contributed by atoms with Crippen molar-refractivity contribution < 1.29 is 28.3 Å². The molecule has 26 heavy (non-hydrogen) atoms. The van der Waals surface area contributed by atoms with Gasteiger partial charge in [-0.3, -0.25) is 9.59 Å². The lowest BCUT2D eigenvalue weighted by Crippen LogP contribution is -2.35. The van der Waals surface area contributed by atoms with Gasteiger partial charge < -0.3 is 21.5 Å². The molecule has 136 valence electrons. The Morgan fingerprint density at radius 3 is 2.54 bits per heavy atom. The third-order valence-corrected chi connectivity index (χ3v) is 3.39. The normalized spacial score (nSPS) is 15.3. The van der Waals surface area contributed by atoms with Gasteiger partial charge in [-0.25, -0.2) is 18.6 Å². The minimum atomic E-state index is -1.37. The predicted octanol–water partition coefficient (Wildman–Crippen LogP) is 0.310. The lowest BCUT2D eigenvalue weighted by Gasteiger charge is -2.16. The van der Waals surface area contributed by atoms with Crippen molar-refractivity contribution in [3.05, 3.63) is 58.6 Å². The second-order valence-corrected chi connectivity index (χ2v) is 5.25. The number of aliphatic imine (C=N–C) groups is 1. The summed E-state index contributed by atoms with van der Waals surface area (Å²) in [5.74, 6) is -5.25. The average molecular weight is 364 g/mol. The molecule has 0 unspecified atom stereocenters. The Labute approximate surface area is 146 Å². The quantitative estimate of drug-likeness (QED) is 0.558. The number of primary amides is 1. The number of carbonyl (C=O) groups excluding carboxylic acids is 2. The molecule has 2 rings (SSSR count). The predicted molar refractivity (Wildman–Crippen MR) is 86.4 cm³/mol. The van der Waals surface area contributed by atoms with Crippen LogP contribution in [0.3, 0.4) is 0 Å². The summed E-state index contributed by atoms with van der Waals surface area (Å²) in [6.07, 6.45) is 0.973. The van der Waals surface area contributed by atoms with Gasteiger partial charge in [0.2, 0.25) is 5.91 Å². The van der Waals surface area contributed by atoms with Gasteiger partial charge >= 0.3 is 5.97 Å². The number of carboxylic acid groups (broad SMARTS) is 1. The first-order valence-corrected chi connectivity index (χ1v) is 7.22. The number of carbonyl (C=O) groups is 3. The smallest absolute Gasteiger partial charge is 0.352 e. The standard InChI is InChI=1S/C16H14F2N4O4/c1-7(13(19)23)14-21-11(5-12(22-14)16(25)26)15(24)20-6-8-2-3-9(17)10(18)4-8/h2-5,22H,6H2,1H3,(H2,19,23)(H,20,24)(H,25,26)/b14-7+. The highest BCUT2D eigenvalue weighted by Gasteiger charge is 2.22. The zero-order valence-electron chi connectivity index (χ0n) is 13.5. The molecular formula is C16H14F2N4O4. The minimum Gasteiger partial charge on any atom is -0.477 e. The van der Waals surface area contributed by atoms with Crippen molar-refractivity contribution in [2.24, 2.45) is 10.7 Å². The molecule has 1 aliphatic heterocycles. The average Bonchev–Trinajstić information content (AvgIpc) is 2.61. The number of rotatable bonds is 5. The molecule has 1 heterocycles. The molecule has 0 fully saturated rings. The highest BCUT2D eigenvalue weighted by Crippen LogP contribution is 2.12. The monoisotopic (exact) mass is 364 g/mol. The molecule has 5 N–H and O–H groups in total. The number of halogens is 2. The molecule has 0 spiro atoms. The summed E-state index contributed by atoms with van der Waals surface area (Å²) >= 11 is 0. The third-order valence-electron chi connectivity index (χ3n) is 3.39. The van der Waals surface area contributed by atoms with Crippen LogP contribution in [0.15, 0.2) is 46.4 Å². The van der Waals surface area contributed by atoms with Crippen molar-refractivity contribution >= 4 is 23.5 Å². The maximum absolute atomic E-state index is 13.2. The van der Waals surface area contributed by atoms with Crippen LogP contribution >= 0.6 is 0 Å². The zero-order chi connectivity index (χ0) is 19.4. The molecule has 0 radical (unpaired) electrons. The Hall–Kier alpha value is -3.56. The van der Waals surface area contributed by atoms with Crippen LogP contribution in [-0.4, -0.2) is 28.6 Å². The van der Waals surface area contributed by atoms with Gasteiger partial charge in [-0.2, -0.15) is 0 Å². The molecular weight excluding hydrogens is 350 g/mol. The first-order valence-electron chi connectivity index (χ1n) is 7.22. The highest BCUT2D eigenvalue weighted by atomic mass is 19.2. The molecule has 2 amide bonds. The number of amides is 2. The fourth-order valence-corrected chi connectivity index (χ4v) is 1.93. The van der Waals surface area contributed by atoms with Gasteiger partial charge in [0, 0.05) is 12.6 Å². The Morgan fingerprint density at radius 2 is 1.96 bits per heavy atom. The molecule has 0 saturated carbocycles. The van der Waals surface area contributed by atoms with Crippen molar-refractivity contribution in [3.63, 3.8) is 0 Å². The van der Waals surface area contributed by atoms with Crippen molar-refractivity contribution in [2.45, 2.75) is 13.5 Å². The van der Waals surface area contributed by atoms with E-state index in [-0.39, 0.29) is 29.3 Å². The van der Waals surface area contributed by atoms with E-state index in [0.717, 1.165) is 18.2 Å². The van der Waals surface area contributed by atoms with E-state index in [9.17, 15) is 23.2 Å². The number of nitrogens with zero attached hydrogens (tertiary/aromatic N) is 1. The molecule has 1 aromatic carbocycles. The van der Waals surface area contributed by atoms with E-state index in [2.05, 4.69) is 15.6 Å². The van der Waals surface area contributed by atoms with Gasteiger partial charge in [0.1, 0.15) is 17.2 Å². The molecule has 0 bridgehead atoms. The van der Waals surface area contributed by atoms with E-state index in [1.165, 1.54) is 13.0 Å². The van der Waals surface area contributed by atoms with Crippen LogP contribution in [0.25, 0.3) is 0 Å². The summed E-state index contributed by atoms with van der Waals surface area (Å²) in [4.78, 5) is 38.5. The Bertz CT molecular complexity index is 890. The number of nitrogens with one attached hydrogen (secondary N) is 2. The van der Waals surface area contributed by atoms with Crippen LogP contribution in [0, 0.1) is 11.6 Å². The number of hydrogen-bond acceptors (Lipinski definition) is 5. The van der Waals surface area contributed by atoms with E-state index < -0.39 is 29.4 Å². The van der Waals surface area contributed by atoms with E-state index in [1.54, 1.807) is 0 Å². The lowest BCUT2D eigenvalue weighted by atomic mass is 10.2. The molecule has 0 aliphatic carbocycles. The fourth-order valence-electron chi connectivity index (χ4n) is 1.93. The van der Waals surface area contributed by atoms with Gasteiger partial charge in [0.05, 0.1) is 5.57 Å². The number of aliphatic carboxylic acids is 1. The van der Waals surface area contributed by atoms with E-state index in [0.29, 0.717) is 5.56 Å². The number of carboxylic acids is 1. The van der Waals surface area contributed by atoms with Gasteiger partial charge in [-0.05, 0) is 24.6 Å². The maximum Gasteiger partial charge on any atom is 0.352 e. The van der Waals surface area contributed by atoms with Crippen LogP contribution in [0.5, 0.6) is 0 Å². The lowest BCUT2D eigenvalue weighted by molar-refractivity contribution is -0.133. The topological polar surface area (TPSA) is 134 Å². The Kier molecular flexibility index (Phi) is 5.45. The van der Waals surface area contributed by atoms with Crippen LogP contribution in [0.4, 0.5) is 8.78 Å². The minimum absolute atomic E-state index is 0.0669. The summed E-state index contributed by atoms with van der Waals surface area (Å²) in [5, 5.41) is 13.9. The summed E-state index contributed by atoms with van der Waals surface area (Å²) in [6.45, 7) is 1.17. The molecule has 8 nitrogen and oxygen atoms in total. The van der Waals surface area contributed by atoms with E-state index >= 15 is 0 Å². The number of nitrogens with two attached hydrogens (primary N) is 1. The maximum atomic E-state index is 13.2. The molecule has 0 aromatic heterocycles. The van der Waals surface area contributed by atoms with E-state index in [1.807, 2.05) is 0 Å². The summed E-state index contributed by atoms with van der Waals surface area (Å²) < 4.78 is 26.1. The van der Waals surface area contributed by atoms with Gasteiger partial charge in [-0.15, -0.1) is 0 Å². The number of benzene rings is 1. The Morgan fingerprint density at radius 1 is 1.27 bits per heavy atom. The third kappa shape index (κ3) is 4.29. The second kappa shape index (κ2) is 7.55. The van der Waals surface area contributed by atoms with Gasteiger partial charge in [0.25, 0.3) is 5.91 Å². The molecule has 1 aliphatic rings. The second-order valence-electron chi connectivity index (χ2n) is 5.25. The number of hydrogen-bond donors (Lipinski definition) is 4. The summed E-state index contributed by atoms with van der Waals surface area (Å²) in [6, 6.07) is 3.11. The van der Waals surface area contributed by atoms with Gasteiger partial charge in [-0.1, -0.05) is 6.07 Å². The first-order chi connectivity index (χ1) is 12.2. The largest absolute Gasteiger partial charge is 0.477 e. The molecule has 10 heteroatoms. The fraction of sp³-hybridized carbons (Fsp3) is 0.125. The van der Waals surface area contributed by atoms with Crippen molar-refractivity contribution in [3.8, 4) is 0 Å².